The minimum atomic E-state index is -0.715. The summed E-state index contributed by atoms with van der Waals surface area (Å²) in [4.78, 5) is 13.1. The molecule has 1 aromatic carbocycles. The highest BCUT2D eigenvalue weighted by Crippen LogP contribution is 2.45. The van der Waals surface area contributed by atoms with Gasteiger partial charge in [-0.3, -0.25) is 10.1 Å². The Morgan fingerprint density at radius 1 is 1.43 bits per heavy atom. The third-order valence-corrected chi connectivity index (χ3v) is 5.28. The zero-order valence-electron chi connectivity index (χ0n) is 12.7. The molecule has 1 atom stereocenters. The molecular weight excluding hydrogens is 312 g/mol. The molecule has 7 heteroatoms. The van der Waals surface area contributed by atoms with Crippen LogP contribution in [0.1, 0.15) is 23.5 Å². The Morgan fingerprint density at radius 3 is 2.74 bits per heavy atom. The predicted molar refractivity (Wildman–Crippen MR) is 88.5 cm³/mol. The van der Waals surface area contributed by atoms with Crippen LogP contribution in [0, 0.1) is 28.4 Å². The maximum absolute atomic E-state index is 11.8. The average Bonchev–Trinajstić information content (AvgIpc) is 2.55. The predicted octanol–water partition coefficient (Wildman–Crippen LogP) is 2.67. The number of allylic oxidation sites excluding steroid dienone is 1. The zero-order chi connectivity index (χ0) is 16.6. The Morgan fingerprint density at radius 2 is 2.13 bits per heavy atom. The molecule has 1 unspecified atom stereocenters. The lowest BCUT2D eigenvalue weighted by Crippen LogP contribution is -2.38. The monoisotopic (exact) mass is 328 g/mol. The number of nitro groups is 1. The maximum Gasteiger partial charge on any atom is 0.288 e. The van der Waals surface area contributed by atoms with Crippen molar-refractivity contribution in [3.05, 3.63) is 67.6 Å². The van der Waals surface area contributed by atoms with Crippen molar-refractivity contribution in [2.45, 2.75) is 19.3 Å². The van der Waals surface area contributed by atoms with Crippen LogP contribution in [-0.2, 0) is 0 Å². The van der Waals surface area contributed by atoms with E-state index in [-0.39, 0.29) is 16.2 Å². The lowest BCUT2D eigenvalue weighted by atomic mass is 9.86. The van der Waals surface area contributed by atoms with E-state index in [1.807, 2.05) is 31.2 Å². The second kappa shape index (κ2) is 5.97. The number of nitriles is 1. The van der Waals surface area contributed by atoms with Crippen molar-refractivity contribution in [3.8, 4) is 6.07 Å². The summed E-state index contributed by atoms with van der Waals surface area (Å²) >= 11 is 1.44. The molecule has 2 heterocycles. The molecule has 118 valence electrons. The Kier molecular flexibility index (Phi) is 4.01. The van der Waals surface area contributed by atoms with E-state index < -0.39 is 5.92 Å². The molecule has 0 bridgehead atoms. The smallest absolute Gasteiger partial charge is 0.288 e. The standard InChI is InChI=1S/C16H16N4O2S/c1-10-3-5-11(6-4-10)13-12(9-17)15(18)19-7-2-8-23-16(19)14(13)20(21)22/h3-6,13H,2,7-8,18H2,1H3. The van der Waals surface area contributed by atoms with Gasteiger partial charge in [-0.15, -0.1) is 11.8 Å². The van der Waals surface area contributed by atoms with Gasteiger partial charge in [0, 0.05) is 12.3 Å². The van der Waals surface area contributed by atoms with E-state index in [0.29, 0.717) is 17.4 Å². The van der Waals surface area contributed by atoms with Crippen LogP contribution in [0.15, 0.2) is 46.4 Å². The van der Waals surface area contributed by atoms with E-state index in [1.54, 1.807) is 4.90 Å². The molecule has 3 rings (SSSR count). The highest BCUT2D eigenvalue weighted by atomic mass is 32.2. The summed E-state index contributed by atoms with van der Waals surface area (Å²) in [5.41, 5.74) is 8.27. The number of nitrogens with zero attached hydrogens (tertiary/aromatic N) is 3. The van der Waals surface area contributed by atoms with E-state index in [0.717, 1.165) is 23.3 Å². The molecule has 0 saturated carbocycles. The fourth-order valence-corrected chi connectivity index (χ4v) is 4.11. The molecule has 2 N–H and O–H groups in total. The van der Waals surface area contributed by atoms with E-state index in [2.05, 4.69) is 6.07 Å². The highest BCUT2D eigenvalue weighted by Gasteiger charge is 2.43. The normalized spacial score (nSPS) is 21.0. The summed E-state index contributed by atoms with van der Waals surface area (Å²) in [6, 6.07) is 9.55. The lowest BCUT2D eigenvalue weighted by molar-refractivity contribution is -0.431. The SMILES string of the molecule is Cc1ccc(C2C(C#N)=C(N)N3CCCSC3=C2[N+](=O)[O-])cc1. The zero-order valence-corrected chi connectivity index (χ0v) is 13.5. The second-order valence-corrected chi connectivity index (χ2v) is 6.64. The van der Waals surface area contributed by atoms with Crippen LogP contribution in [0.3, 0.4) is 0 Å². The molecule has 1 saturated heterocycles. The Bertz CT molecular complexity index is 761. The van der Waals surface area contributed by atoms with Crippen molar-refractivity contribution in [2.75, 3.05) is 12.3 Å². The van der Waals surface area contributed by atoms with Gasteiger partial charge in [-0.1, -0.05) is 29.8 Å². The minimum Gasteiger partial charge on any atom is -0.384 e. The summed E-state index contributed by atoms with van der Waals surface area (Å²) in [7, 11) is 0. The molecule has 0 aromatic heterocycles. The van der Waals surface area contributed by atoms with Crippen LogP contribution in [0.25, 0.3) is 0 Å². The first-order valence-electron chi connectivity index (χ1n) is 7.29. The third kappa shape index (κ3) is 2.55. The summed E-state index contributed by atoms with van der Waals surface area (Å²) in [5, 5.41) is 21.9. The summed E-state index contributed by atoms with van der Waals surface area (Å²) in [5.74, 6) is 0.442. The first-order chi connectivity index (χ1) is 11.0. The molecule has 23 heavy (non-hydrogen) atoms. The van der Waals surface area contributed by atoms with Gasteiger partial charge < -0.3 is 10.6 Å². The summed E-state index contributed by atoms with van der Waals surface area (Å²) in [6.45, 7) is 2.56. The topological polar surface area (TPSA) is 96.2 Å². The average molecular weight is 328 g/mol. The molecular formula is C16H16N4O2S. The third-order valence-electron chi connectivity index (χ3n) is 4.09. The summed E-state index contributed by atoms with van der Waals surface area (Å²) in [6.07, 6.45) is 0.883. The van der Waals surface area contributed by atoms with Crippen molar-refractivity contribution in [1.29, 1.82) is 5.26 Å². The van der Waals surface area contributed by atoms with Crippen molar-refractivity contribution in [2.24, 2.45) is 5.73 Å². The van der Waals surface area contributed by atoms with Gasteiger partial charge in [0.25, 0.3) is 5.70 Å². The van der Waals surface area contributed by atoms with E-state index in [4.69, 9.17) is 5.73 Å². The Hall–Kier alpha value is -2.46. The van der Waals surface area contributed by atoms with Crippen molar-refractivity contribution < 1.29 is 4.92 Å². The minimum absolute atomic E-state index is 0.0595. The van der Waals surface area contributed by atoms with Gasteiger partial charge in [0.1, 0.15) is 11.7 Å². The van der Waals surface area contributed by atoms with Gasteiger partial charge in [0.2, 0.25) is 0 Å². The van der Waals surface area contributed by atoms with Crippen LogP contribution in [0.5, 0.6) is 0 Å². The number of aryl methyl sites for hydroxylation is 1. The number of hydrogen-bond acceptors (Lipinski definition) is 6. The molecule has 6 nitrogen and oxygen atoms in total. The van der Waals surface area contributed by atoms with Gasteiger partial charge in [-0.25, -0.2) is 0 Å². The number of fused-ring (bicyclic) bond motifs is 1. The van der Waals surface area contributed by atoms with Gasteiger partial charge in [0.05, 0.1) is 16.6 Å². The first-order valence-corrected chi connectivity index (χ1v) is 8.28. The van der Waals surface area contributed by atoms with Crippen molar-refractivity contribution in [1.82, 2.24) is 4.90 Å². The number of hydrogen-bond donors (Lipinski definition) is 1. The number of thioether (sulfide) groups is 1. The Labute approximate surface area is 138 Å². The number of benzene rings is 1. The molecule has 0 aliphatic carbocycles. The Balaban J connectivity index is 2.22. The largest absolute Gasteiger partial charge is 0.384 e. The fraction of sp³-hybridized carbons (Fsp3) is 0.312. The van der Waals surface area contributed by atoms with Crippen LogP contribution in [0.2, 0.25) is 0 Å². The van der Waals surface area contributed by atoms with Crippen LogP contribution >= 0.6 is 11.8 Å². The second-order valence-electron chi connectivity index (χ2n) is 5.56. The molecule has 0 amide bonds. The van der Waals surface area contributed by atoms with Gasteiger partial charge in [-0.2, -0.15) is 5.26 Å². The van der Waals surface area contributed by atoms with Gasteiger partial charge >= 0.3 is 0 Å². The molecule has 1 aromatic rings. The highest BCUT2D eigenvalue weighted by molar-refractivity contribution is 8.03. The maximum atomic E-state index is 11.8. The van der Waals surface area contributed by atoms with Gasteiger partial charge in [-0.05, 0) is 18.9 Å². The molecule has 2 aliphatic rings. The van der Waals surface area contributed by atoms with Crippen LogP contribution in [0.4, 0.5) is 0 Å². The number of nitrogens with two attached hydrogens (primary N) is 1. The molecule has 2 aliphatic heterocycles. The van der Waals surface area contributed by atoms with E-state index >= 15 is 0 Å². The van der Waals surface area contributed by atoms with E-state index in [9.17, 15) is 15.4 Å². The fourth-order valence-electron chi connectivity index (χ4n) is 2.96. The molecule has 0 spiro atoms. The quantitative estimate of drug-likeness (QED) is 0.662. The molecule has 1 fully saturated rings. The lowest BCUT2D eigenvalue weighted by Gasteiger charge is -2.36. The number of rotatable bonds is 2. The summed E-state index contributed by atoms with van der Waals surface area (Å²) < 4.78 is 0. The van der Waals surface area contributed by atoms with Crippen molar-refractivity contribution in [3.63, 3.8) is 0 Å². The van der Waals surface area contributed by atoms with Gasteiger partial charge in [0.15, 0.2) is 5.03 Å². The van der Waals surface area contributed by atoms with Crippen LogP contribution in [-0.4, -0.2) is 22.1 Å². The first kappa shape index (κ1) is 15.4. The van der Waals surface area contributed by atoms with Crippen molar-refractivity contribution >= 4 is 11.8 Å². The van der Waals surface area contributed by atoms with Crippen LogP contribution < -0.4 is 5.73 Å². The molecule has 0 radical (unpaired) electrons. The van der Waals surface area contributed by atoms with E-state index in [1.165, 1.54) is 11.8 Å².